The summed E-state index contributed by atoms with van der Waals surface area (Å²) in [5.74, 6) is 0.641. The number of rotatable bonds is 9. The van der Waals surface area contributed by atoms with E-state index in [-0.39, 0.29) is 21.7 Å². The van der Waals surface area contributed by atoms with E-state index in [1.807, 2.05) is 60.7 Å². The zero-order chi connectivity index (χ0) is 50.2. The van der Waals surface area contributed by atoms with E-state index in [9.17, 15) is 10.2 Å². The minimum atomic E-state index is -0.675. The van der Waals surface area contributed by atoms with E-state index in [0.29, 0.717) is 18.0 Å². The van der Waals surface area contributed by atoms with Crippen LogP contribution in [-0.2, 0) is 43.6 Å². The van der Waals surface area contributed by atoms with Crippen LogP contribution in [-0.4, -0.2) is 47.2 Å². The van der Waals surface area contributed by atoms with E-state index in [1.165, 1.54) is 44.5 Å². The molecule has 8 aromatic carbocycles. The molecular formula is C66H70N2O2Ti+. The van der Waals surface area contributed by atoms with Gasteiger partial charge in [-0.15, -0.1) is 24.3 Å². The van der Waals surface area contributed by atoms with Crippen LogP contribution in [0, 0.1) is 27.7 Å². The van der Waals surface area contributed by atoms with Crippen molar-refractivity contribution in [1.82, 2.24) is 9.80 Å². The van der Waals surface area contributed by atoms with Gasteiger partial charge in [-0.25, -0.2) is 0 Å². The summed E-state index contributed by atoms with van der Waals surface area (Å²) >= 11 is 0. The molecule has 0 unspecified atom stereocenters. The Morgan fingerprint density at radius 1 is 0.423 bits per heavy atom. The monoisotopic (exact) mass is 970 g/mol. The summed E-state index contributed by atoms with van der Waals surface area (Å²) in [7, 11) is 4.21. The number of aromatic hydroxyl groups is 2. The number of nitrogens with zero attached hydrogens (tertiary/aromatic N) is 2. The molecule has 5 heteroatoms. The van der Waals surface area contributed by atoms with Crippen molar-refractivity contribution in [3.63, 3.8) is 0 Å². The largest absolute Gasteiger partial charge is 3.00 e. The van der Waals surface area contributed by atoms with Crippen molar-refractivity contribution in [2.45, 2.75) is 77.3 Å². The Labute approximate surface area is 440 Å². The molecule has 71 heavy (non-hydrogen) atoms. The minimum Gasteiger partial charge on any atom is -0.507 e. The van der Waals surface area contributed by atoms with Crippen LogP contribution in [0.5, 0.6) is 11.5 Å². The van der Waals surface area contributed by atoms with E-state index >= 15 is 0 Å². The quantitative estimate of drug-likeness (QED) is 0.112. The normalized spacial score (nSPS) is 13.6. The smallest absolute Gasteiger partial charge is 0.507 e. The summed E-state index contributed by atoms with van der Waals surface area (Å²) < 4.78 is 0. The fraction of sp³-hybridized carbons (Fsp3) is 0.242. The van der Waals surface area contributed by atoms with Gasteiger partial charge in [0, 0.05) is 57.3 Å². The fourth-order valence-electron chi connectivity index (χ4n) is 11.5. The Hall–Kier alpha value is -6.27. The summed E-state index contributed by atoms with van der Waals surface area (Å²) in [4.78, 5) is 4.71. The fourth-order valence-corrected chi connectivity index (χ4v) is 11.5. The van der Waals surface area contributed by atoms with E-state index in [2.05, 4.69) is 214 Å². The van der Waals surface area contributed by atoms with Crippen molar-refractivity contribution in [3.8, 4) is 33.8 Å². The van der Waals surface area contributed by atoms with Gasteiger partial charge in [-0.3, -0.25) is 4.90 Å². The van der Waals surface area contributed by atoms with Crippen molar-refractivity contribution in [2.24, 2.45) is 0 Å². The number of phenolic OH excluding ortho intramolecular Hbond substituents is 2. The van der Waals surface area contributed by atoms with Gasteiger partial charge >= 0.3 is 21.7 Å². The van der Waals surface area contributed by atoms with Gasteiger partial charge in [0.15, 0.2) is 0 Å². The maximum atomic E-state index is 12.8. The molecule has 1 radical (unpaired) electrons. The number of likely N-dealkylation sites (N-methyl/N-ethyl adjacent to an activating group) is 1. The molecule has 0 saturated heterocycles. The first-order valence-electron chi connectivity index (χ1n) is 24.6. The topological polar surface area (TPSA) is 46.9 Å². The van der Waals surface area contributed by atoms with Crippen LogP contribution in [0.15, 0.2) is 182 Å². The van der Waals surface area contributed by atoms with Gasteiger partial charge in [0.2, 0.25) is 0 Å². The molecule has 0 aliphatic heterocycles. The van der Waals surface area contributed by atoms with Crippen molar-refractivity contribution in [2.75, 3.05) is 27.2 Å². The average molecular weight is 971 g/mol. The van der Waals surface area contributed by atoms with Gasteiger partial charge in [0.05, 0.1) is 0 Å². The molecule has 359 valence electrons. The van der Waals surface area contributed by atoms with Gasteiger partial charge in [0.1, 0.15) is 11.5 Å². The zero-order valence-electron chi connectivity index (χ0n) is 43.4. The Kier molecular flexibility index (Phi) is 15.4. The summed E-state index contributed by atoms with van der Waals surface area (Å²) in [5, 5.41) is 25.6. The molecule has 2 aliphatic carbocycles. The third-order valence-electron chi connectivity index (χ3n) is 15.2. The van der Waals surface area contributed by atoms with E-state index in [1.54, 1.807) is 0 Å². The first kappa shape index (κ1) is 52.6. The number of hydrogen-bond donors (Lipinski definition) is 2. The molecule has 2 aliphatic rings. The molecule has 0 saturated carbocycles. The van der Waals surface area contributed by atoms with Crippen LogP contribution in [0.1, 0.15) is 108 Å². The van der Waals surface area contributed by atoms with Crippen LogP contribution in [0.4, 0.5) is 0 Å². The maximum Gasteiger partial charge on any atom is 3.00 e. The van der Waals surface area contributed by atoms with E-state index < -0.39 is 21.9 Å². The third kappa shape index (κ3) is 9.64. The molecule has 2 N–H and O–H groups in total. The van der Waals surface area contributed by atoms with Gasteiger partial charge < -0.3 is 15.1 Å². The number of benzene rings is 8. The van der Waals surface area contributed by atoms with Crippen LogP contribution in [0.2, 0.25) is 0 Å². The number of phenols is 2. The van der Waals surface area contributed by atoms with E-state index in [4.69, 9.17) is 0 Å². The SMILES string of the molecule is Cc1cc(C2(C)c3ccccc3-c3ccccc32)c(O)c(C(C)(C)N(CCN(C)C)C(C)(C)c2cc(C)cc(C3(C)c4ccccc4-c4ccccc43)c2O)c1.[CH2-]c1ccccc1.[CH2-]c1ccccc1.[Ti+3]. The molecule has 0 bridgehead atoms. The second kappa shape index (κ2) is 20.8. The van der Waals surface area contributed by atoms with Gasteiger partial charge in [-0.05, 0) is 114 Å². The van der Waals surface area contributed by atoms with Crippen molar-refractivity contribution < 1.29 is 31.9 Å². The summed E-state index contributed by atoms with van der Waals surface area (Å²) in [6.07, 6.45) is 0. The minimum absolute atomic E-state index is 0. The standard InChI is InChI=1S/C52H56N2O2.2C7H7.Ti/c1-33-29-43(47(55)45(31-33)51(7)39-23-15-11-19-35(39)36-20-12-16-24-40(36)51)49(3,4)54(28-27-53(9)10)50(5,6)44-30-34(2)32-46(48(44)56)52(8)41-25-17-13-21-37(41)38-22-14-18-26-42(38)52;2*1-7-5-3-2-4-6-7;/h11-26,29-32,55-56H,27-28H2,1-10H3;2*2-6H,1H2;/q;2*-1;+3. The Morgan fingerprint density at radius 2 is 0.704 bits per heavy atom. The molecular weight excluding hydrogens is 901 g/mol. The summed E-state index contributed by atoms with van der Waals surface area (Å²) in [6.45, 7) is 26.7. The van der Waals surface area contributed by atoms with E-state index in [0.717, 1.165) is 51.1 Å². The Morgan fingerprint density at radius 3 is 0.972 bits per heavy atom. The van der Waals surface area contributed by atoms with Gasteiger partial charge in [0.25, 0.3) is 0 Å². The van der Waals surface area contributed by atoms with Crippen LogP contribution < -0.4 is 0 Å². The summed E-state index contributed by atoms with van der Waals surface area (Å²) in [5.41, 5.74) is 15.1. The predicted molar refractivity (Wildman–Crippen MR) is 294 cm³/mol. The summed E-state index contributed by atoms with van der Waals surface area (Å²) in [6, 6.07) is 63.0. The molecule has 0 amide bonds. The molecule has 10 rings (SSSR count). The molecule has 0 heterocycles. The number of hydrogen-bond acceptors (Lipinski definition) is 4. The molecule has 4 nitrogen and oxygen atoms in total. The predicted octanol–water partition coefficient (Wildman–Crippen LogP) is 15.2. The first-order chi connectivity index (χ1) is 33.3. The van der Waals surface area contributed by atoms with Crippen molar-refractivity contribution in [3.05, 3.63) is 263 Å². The third-order valence-corrected chi connectivity index (χ3v) is 15.2. The second-order valence-corrected chi connectivity index (χ2v) is 20.9. The van der Waals surface area contributed by atoms with Crippen LogP contribution >= 0.6 is 0 Å². The number of aryl methyl sites for hydroxylation is 2. The molecule has 0 aromatic heterocycles. The first-order valence-corrected chi connectivity index (χ1v) is 24.6. The van der Waals surface area contributed by atoms with Crippen LogP contribution in [0.25, 0.3) is 22.3 Å². The van der Waals surface area contributed by atoms with Crippen molar-refractivity contribution in [1.29, 1.82) is 0 Å². The second-order valence-electron chi connectivity index (χ2n) is 20.9. The molecule has 0 spiro atoms. The van der Waals surface area contributed by atoms with Crippen molar-refractivity contribution >= 4 is 0 Å². The average Bonchev–Trinajstić information content (AvgIpc) is 3.76. The van der Waals surface area contributed by atoms with Gasteiger partial charge in [-0.1, -0.05) is 145 Å². The molecule has 0 fully saturated rings. The Bertz CT molecular complexity index is 2840. The zero-order valence-corrected chi connectivity index (χ0v) is 45.0. The maximum absolute atomic E-state index is 12.8. The Balaban J connectivity index is 0.000000425. The molecule has 0 atom stereocenters. The number of fused-ring (bicyclic) bond motifs is 6. The van der Waals surface area contributed by atoms with Gasteiger partial charge in [-0.2, -0.15) is 49.2 Å². The van der Waals surface area contributed by atoms with Crippen LogP contribution in [0.3, 0.4) is 0 Å². The molecule has 8 aromatic rings.